The van der Waals surface area contributed by atoms with Crippen LogP contribution in [0.2, 0.25) is 5.79 Å². The summed E-state index contributed by atoms with van der Waals surface area (Å²) in [5.41, 5.74) is -27.5. The molecule has 0 aliphatic carbocycles. The Bertz CT molecular complexity index is 3790. The number of para-hydroxylation sites is 1. The van der Waals surface area contributed by atoms with Gasteiger partial charge in [0.25, 0.3) is 0 Å². The molecule has 0 aliphatic rings. The van der Waals surface area contributed by atoms with E-state index in [1.165, 1.54) is 0 Å². The summed E-state index contributed by atoms with van der Waals surface area (Å²) in [5, 5.41) is 3.03. The molecule has 0 bridgehead atoms. The third kappa shape index (κ3) is 11.8. The SMILES string of the molecule is CNc1ccccc1.Fc1c(F)c(F)c([B-](c2c(F)c(F)c(F)c(F)c2F)(c2c(F)c(F)c(F)c(F)c2F)c2c(F)c(F)c(F)c(F)c2F)c(F)c1F.Fc1c(F)c(F)c([B-](c2c(F)c(F)c(F)c(F)c2F)(c2c(F)c(F)c(F)c(F)c2F)c2c(F)c(F)c(F)c(F)c2F)c(F)c1F.[CH3][Al+2]. The summed E-state index contributed by atoms with van der Waals surface area (Å²) in [5.74, 6) is -141. The fourth-order valence-electron chi connectivity index (χ4n) is 10.4. The van der Waals surface area contributed by atoms with Crippen molar-refractivity contribution < 1.29 is 176 Å². The quantitative estimate of drug-likeness (QED) is 0.0657. The van der Waals surface area contributed by atoms with Crippen molar-refractivity contribution in [2.45, 2.75) is 5.79 Å². The second-order valence-corrected chi connectivity index (χ2v) is 19.2. The molecule has 0 aliphatic heterocycles. The first-order valence-electron chi connectivity index (χ1n) is 25.1. The van der Waals surface area contributed by atoms with Crippen molar-refractivity contribution in [3.63, 3.8) is 0 Å². The summed E-state index contributed by atoms with van der Waals surface area (Å²) < 4.78 is 588. The van der Waals surface area contributed by atoms with Crippen molar-refractivity contribution >= 4 is 78.0 Å². The van der Waals surface area contributed by atoms with Crippen LogP contribution in [0.4, 0.5) is 181 Å². The van der Waals surface area contributed by atoms with Crippen molar-refractivity contribution in [1.29, 1.82) is 0 Å². The van der Waals surface area contributed by atoms with Crippen LogP contribution in [0, 0.1) is 233 Å². The number of benzene rings is 9. The Morgan fingerprint density at radius 2 is 0.260 bits per heavy atom. The van der Waals surface area contributed by atoms with Gasteiger partial charge in [-0.05, 0) is 12.1 Å². The van der Waals surface area contributed by atoms with Crippen molar-refractivity contribution in [3.8, 4) is 0 Å². The Balaban J connectivity index is 0.000000276. The molecule has 1 nitrogen and oxygen atoms in total. The molecule has 0 saturated heterocycles. The van der Waals surface area contributed by atoms with Crippen LogP contribution in [0.25, 0.3) is 0 Å². The van der Waals surface area contributed by atoms with E-state index >= 15 is 70.2 Å². The Labute approximate surface area is 533 Å². The molecule has 100 heavy (non-hydrogen) atoms. The molecule has 0 spiro atoms. The molecule has 1 N–H and O–H groups in total. The van der Waals surface area contributed by atoms with Gasteiger partial charge in [-0.2, -0.15) is 0 Å². The molecule has 0 amide bonds. The average molecular weight is 1510 g/mol. The zero-order valence-electron chi connectivity index (χ0n) is 46.7. The molecule has 0 saturated carbocycles. The maximum absolute atomic E-state index is 15.4. The van der Waals surface area contributed by atoms with Gasteiger partial charge in [0.05, 0.1) is 0 Å². The predicted molar refractivity (Wildman–Crippen MR) is 266 cm³/mol. The van der Waals surface area contributed by atoms with Crippen LogP contribution in [-0.2, 0) is 0 Å². The van der Waals surface area contributed by atoms with Gasteiger partial charge < -0.3 is 5.32 Å². The van der Waals surface area contributed by atoms with Crippen LogP contribution >= 0.6 is 0 Å². The van der Waals surface area contributed by atoms with Crippen molar-refractivity contribution in [2.24, 2.45) is 0 Å². The standard InChI is InChI=1S/2C24BF20.C7H9N.CH3.Al/c2*26-5-1(6(27)14(35)21(42)13(5)34)25(2-7(28)15(36)22(43)16(37)8(2)29,3-9(30)17(38)23(44)18(39)10(3)31)4-11(32)19(40)24(45)20(41)12(4)33;1-8-7-5-3-2-4-6-7;;/h;;2-6,8H,1H3;1H3;/q2*-1;;;+2. The van der Waals surface area contributed by atoms with Crippen molar-refractivity contribution in [3.05, 3.63) is 263 Å². The van der Waals surface area contributed by atoms with Crippen LogP contribution < -0.4 is 49.0 Å². The number of nitrogens with one attached hydrogen (secondary N) is 1. The van der Waals surface area contributed by atoms with E-state index < -0.39 is 289 Å². The monoisotopic (exact) mass is 1510 g/mol. The maximum atomic E-state index is 15.4. The summed E-state index contributed by atoms with van der Waals surface area (Å²) in [7, 11) is 1.91. The summed E-state index contributed by atoms with van der Waals surface area (Å²) in [6.45, 7) is 0. The average Bonchev–Trinajstić information content (AvgIpc) is 0.688. The fraction of sp³-hybridized carbons (Fsp3) is 0.0357. The molecule has 9 aromatic carbocycles. The van der Waals surface area contributed by atoms with Gasteiger partial charge in [-0.3, -0.25) is 0 Å². The van der Waals surface area contributed by atoms with E-state index in [0.29, 0.717) is 0 Å². The van der Waals surface area contributed by atoms with E-state index in [1.54, 1.807) is 0 Å². The Hall–Kier alpha value is -9.36. The Morgan fingerprint density at radius 3 is 0.340 bits per heavy atom. The van der Waals surface area contributed by atoms with Crippen LogP contribution in [-0.4, -0.2) is 35.6 Å². The van der Waals surface area contributed by atoms with Gasteiger partial charge in [0.1, 0.15) is 105 Å². The van der Waals surface area contributed by atoms with Gasteiger partial charge >= 0.3 is 22.1 Å². The second-order valence-electron chi connectivity index (χ2n) is 19.2. The number of hydrogen-bond donors (Lipinski definition) is 1. The third-order valence-corrected chi connectivity index (χ3v) is 14.5. The molecule has 0 aromatic heterocycles. The van der Waals surface area contributed by atoms with Crippen LogP contribution in [0.3, 0.4) is 0 Å². The van der Waals surface area contributed by atoms with Gasteiger partial charge in [0.2, 0.25) is 0 Å². The van der Waals surface area contributed by atoms with Crippen molar-refractivity contribution in [2.75, 3.05) is 12.4 Å². The van der Waals surface area contributed by atoms with Crippen LogP contribution in [0.15, 0.2) is 30.3 Å². The molecule has 9 rings (SSSR count). The first-order chi connectivity index (χ1) is 46.3. The van der Waals surface area contributed by atoms with Gasteiger partial charge in [-0.15, -0.1) is 43.7 Å². The van der Waals surface area contributed by atoms with Crippen LogP contribution in [0.5, 0.6) is 0 Å². The van der Waals surface area contributed by atoms with Gasteiger partial charge in [0, 0.05) is 12.7 Å². The summed E-state index contributed by atoms with van der Waals surface area (Å²) in [4.78, 5) is 0. The molecular formula is C56H12AlB2F40N. The van der Waals surface area contributed by atoms with Crippen LogP contribution in [0.1, 0.15) is 0 Å². The molecule has 0 unspecified atom stereocenters. The zero-order chi connectivity index (χ0) is 76.5. The van der Waals surface area contributed by atoms with Gasteiger partial charge in [-0.25, -0.2) is 176 Å². The molecule has 9 aromatic rings. The molecule has 44 heteroatoms. The minimum atomic E-state index is -7.22. The van der Waals surface area contributed by atoms with E-state index in [4.69, 9.17) is 0 Å². The molecule has 530 valence electrons. The summed E-state index contributed by atoms with van der Waals surface area (Å²) in [6.07, 6.45) is -14.4. The second kappa shape index (κ2) is 29.1. The first kappa shape index (κ1) is 79.6. The van der Waals surface area contributed by atoms with Crippen molar-refractivity contribution in [1.82, 2.24) is 0 Å². The molecule has 0 fully saturated rings. The first-order valence-corrected chi connectivity index (χ1v) is 26.3. The molecule has 0 atom stereocenters. The molecule has 0 radical (unpaired) electrons. The third-order valence-electron chi connectivity index (χ3n) is 14.5. The van der Waals surface area contributed by atoms with E-state index in [-0.39, 0.29) is 0 Å². The molecule has 0 heterocycles. The zero-order valence-corrected chi connectivity index (χ0v) is 47.9. The fourth-order valence-corrected chi connectivity index (χ4v) is 10.4. The van der Waals surface area contributed by atoms with Gasteiger partial charge in [0.15, 0.2) is 140 Å². The summed E-state index contributed by atoms with van der Waals surface area (Å²) >= 11 is 2.42. The molecular weight excluding hydrogens is 1500 g/mol. The van der Waals surface area contributed by atoms with Gasteiger partial charge in [-0.1, -0.05) is 18.2 Å². The van der Waals surface area contributed by atoms with E-state index in [1.807, 2.05) is 43.2 Å². The Kier molecular flexibility index (Phi) is 23.2. The number of hydrogen-bond acceptors (Lipinski definition) is 1. The summed E-state index contributed by atoms with van der Waals surface area (Å²) in [6, 6.07) is 10.1. The van der Waals surface area contributed by atoms with E-state index in [9.17, 15) is 105 Å². The number of rotatable bonds is 9. The predicted octanol–water partition coefficient (Wildman–Crippen LogP) is 13.6. The van der Waals surface area contributed by atoms with E-state index in [2.05, 4.69) is 21.6 Å². The normalized spacial score (nSPS) is 11.6. The minimum absolute atomic E-state index is 1.16. The van der Waals surface area contributed by atoms with E-state index in [0.717, 1.165) is 5.69 Å². The number of anilines is 1. The Morgan fingerprint density at radius 1 is 0.170 bits per heavy atom. The number of halogens is 40. The topological polar surface area (TPSA) is 12.0 Å².